The summed E-state index contributed by atoms with van der Waals surface area (Å²) in [7, 11) is -1.63. The van der Waals surface area contributed by atoms with E-state index >= 15 is 0 Å². The van der Waals surface area contributed by atoms with E-state index in [2.05, 4.69) is 9.88 Å². The fraction of sp³-hybridized carbons (Fsp3) is 0.417. The van der Waals surface area contributed by atoms with E-state index in [0.29, 0.717) is 43.9 Å². The molecule has 2 aromatic heterocycles. The number of piperidine rings is 1. The number of amides is 1. The van der Waals surface area contributed by atoms with E-state index in [1.54, 1.807) is 18.3 Å². The third-order valence-electron chi connectivity index (χ3n) is 6.86. The maximum Gasteiger partial charge on any atom is 0.243 e. The molecule has 2 aliphatic heterocycles. The van der Waals surface area contributed by atoms with Gasteiger partial charge in [-0.2, -0.15) is 4.31 Å². The first-order valence-corrected chi connectivity index (χ1v) is 12.9. The average Bonchev–Trinajstić information content (AvgIpc) is 3.24. The van der Waals surface area contributed by atoms with Crippen molar-refractivity contribution in [3.63, 3.8) is 0 Å². The highest BCUT2D eigenvalue weighted by atomic mass is 32.2. The quantitative estimate of drug-likeness (QED) is 0.589. The van der Waals surface area contributed by atoms with Crippen molar-refractivity contribution in [1.29, 1.82) is 0 Å². The van der Waals surface area contributed by atoms with Gasteiger partial charge in [0.15, 0.2) is 0 Å². The Kier molecular flexibility index (Phi) is 5.84. The molecule has 0 spiro atoms. The van der Waals surface area contributed by atoms with Gasteiger partial charge in [-0.25, -0.2) is 13.4 Å². The van der Waals surface area contributed by atoms with Gasteiger partial charge in [-0.15, -0.1) is 0 Å². The van der Waals surface area contributed by atoms with Gasteiger partial charge in [0.2, 0.25) is 15.9 Å². The number of nitrogens with zero attached hydrogens (tertiary/aromatic N) is 5. The molecule has 0 N–H and O–H groups in total. The fourth-order valence-corrected chi connectivity index (χ4v) is 6.37. The summed E-state index contributed by atoms with van der Waals surface area (Å²) in [4.78, 5) is 21.9. The number of aryl methyl sites for hydroxylation is 1. The Labute approximate surface area is 194 Å². The Morgan fingerprint density at radius 3 is 2.42 bits per heavy atom. The lowest BCUT2D eigenvalue weighted by molar-refractivity contribution is -0.137. The highest BCUT2D eigenvalue weighted by molar-refractivity contribution is 7.89. The minimum Gasteiger partial charge on any atom is -0.353 e. The highest BCUT2D eigenvalue weighted by Crippen LogP contribution is 2.28. The van der Waals surface area contributed by atoms with E-state index in [0.717, 1.165) is 29.8 Å². The summed E-state index contributed by atoms with van der Waals surface area (Å²) in [5.41, 5.74) is 1.00. The first kappa shape index (κ1) is 21.9. The Balaban J connectivity index is 1.18. The second kappa shape index (κ2) is 8.79. The molecular formula is C24H29N5O3S. The lowest BCUT2D eigenvalue weighted by atomic mass is 9.96. The molecule has 1 aromatic carbocycles. The number of sulfonamides is 1. The predicted octanol–water partition coefficient (Wildman–Crippen LogP) is 2.32. The smallest absolute Gasteiger partial charge is 0.243 e. The molecule has 4 heterocycles. The molecule has 0 bridgehead atoms. The van der Waals surface area contributed by atoms with Crippen LogP contribution in [0, 0.1) is 5.92 Å². The van der Waals surface area contributed by atoms with Crippen LogP contribution in [-0.4, -0.2) is 72.3 Å². The third kappa shape index (κ3) is 4.22. The maximum absolute atomic E-state index is 13.2. The molecule has 0 saturated carbocycles. The van der Waals surface area contributed by atoms with Gasteiger partial charge >= 0.3 is 0 Å². The van der Waals surface area contributed by atoms with Gasteiger partial charge in [0.25, 0.3) is 0 Å². The summed E-state index contributed by atoms with van der Waals surface area (Å²) >= 11 is 0. The summed E-state index contributed by atoms with van der Waals surface area (Å²) < 4.78 is 29.9. The van der Waals surface area contributed by atoms with E-state index in [9.17, 15) is 13.2 Å². The van der Waals surface area contributed by atoms with Crippen LogP contribution >= 0.6 is 0 Å². The number of hydrogen-bond donors (Lipinski definition) is 0. The molecule has 3 aromatic rings. The van der Waals surface area contributed by atoms with Gasteiger partial charge in [0.1, 0.15) is 5.82 Å². The monoisotopic (exact) mass is 467 g/mol. The third-order valence-corrected chi connectivity index (χ3v) is 8.76. The van der Waals surface area contributed by atoms with Crippen molar-refractivity contribution in [2.24, 2.45) is 13.0 Å². The number of anilines is 1. The number of pyridine rings is 1. The summed E-state index contributed by atoms with van der Waals surface area (Å²) in [6.07, 6.45) is 4.83. The molecule has 0 radical (unpaired) electrons. The second-order valence-electron chi connectivity index (χ2n) is 8.83. The lowest BCUT2D eigenvalue weighted by Crippen LogP contribution is -2.52. The molecule has 0 unspecified atom stereocenters. The lowest BCUT2D eigenvalue weighted by Gasteiger charge is -2.38. The van der Waals surface area contributed by atoms with Crippen molar-refractivity contribution >= 4 is 32.7 Å². The minimum atomic E-state index is -3.57. The summed E-state index contributed by atoms with van der Waals surface area (Å²) in [6, 6.07) is 13.0. The Hall–Kier alpha value is -2.91. The molecule has 2 aliphatic rings. The minimum absolute atomic E-state index is 0.116. The number of rotatable bonds is 4. The SMILES string of the molecule is Cn1ccc2cc(S(=O)(=O)N3CCC(C(=O)N4CCN(c5ccccn5)CC4)CC3)ccc21. The number of hydrogen-bond acceptors (Lipinski definition) is 5. The normalized spacial score (nSPS) is 18.7. The molecule has 2 saturated heterocycles. The summed E-state index contributed by atoms with van der Waals surface area (Å²) in [6.45, 7) is 3.62. The van der Waals surface area contributed by atoms with Gasteiger partial charge < -0.3 is 14.4 Å². The molecule has 2 fully saturated rings. The van der Waals surface area contributed by atoms with Crippen molar-refractivity contribution in [2.75, 3.05) is 44.2 Å². The van der Waals surface area contributed by atoms with Crippen molar-refractivity contribution in [3.05, 3.63) is 54.9 Å². The summed E-state index contributed by atoms with van der Waals surface area (Å²) in [5, 5.41) is 0.911. The van der Waals surface area contributed by atoms with Crippen molar-refractivity contribution in [1.82, 2.24) is 18.8 Å². The number of fused-ring (bicyclic) bond motifs is 1. The number of carbonyl (C=O) groups is 1. The van der Waals surface area contributed by atoms with Crippen LogP contribution in [0.4, 0.5) is 5.82 Å². The van der Waals surface area contributed by atoms with E-state index in [1.807, 2.05) is 53.0 Å². The van der Waals surface area contributed by atoms with E-state index in [1.165, 1.54) is 4.31 Å². The zero-order valence-corrected chi connectivity index (χ0v) is 19.6. The zero-order chi connectivity index (χ0) is 23.0. The first-order chi connectivity index (χ1) is 15.9. The van der Waals surface area contributed by atoms with Gasteiger partial charge in [-0.1, -0.05) is 6.07 Å². The van der Waals surface area contributed by atoms with Crippen molar-refractivity contribution in [3.8, 4) is 0 Å². The predicted molar refractivity (Wildman–Crippen MR) is 127 cm³/mol. The van der Waals surface area contributed by atoms with Crippen molar-refractivity contribution < 1.29 is 13.2 Å². The summed E-state index contributed by atoms with van der Waals surface area (Å²) in [5.74, 6) is 0.977. The Bertz CT molecular complexity index is 1240. The zero-order valence-electron chi connectivity index (χ0n) is 18.8. The number of carbonyl (C=O) groups excluding carboxylic acids is 1. The molecule has 0 aliphatic carbocycles. The Morgan fingerprint density at radius 2 is 1.73 bits per heavy atom. The average molecular weight is 468 g/mol. The van der Waals surface area contributed by atoms with Crippen LogP contribution in [0.1, 0.15) is 12.8 Å². The van der Waals surface area contributed by atoms with E-state index < -0.39 is 10.0 Å². The first-order valence-electron chi connectivity index (χ1n) is 11.4. The van der Waals surface area contributed by atoms with Crippen LogP contribution in [0.5, 0.6) is 0 Å². The maximum atomic E-state index is 13.2. The Morgan fingerprint density at radius 1 is 0.970 bits per heavy atom. The van der Waals surface area contributed by atoms with E-state index in [4.69, 9.17) is 0 Å². The highest BCUT2D eigenvalue weighted by Gasteiger charge is 2.34. The van der Waals surface area contributed by atoms with Crippen LogP contribution in [-0.2, 0) is 21.9 Å². The van der Waals surface area contributed by atoms with Gasteiger partial charge in [-0.3, -0.25) is 4.79 Å². The van der Waals surface area contributed by atoms with Crippen LogP contribution in [0.25, 0.3) is 10.9 Å². The molecule has 33 heavy (non-hydrogen) atoms. The molecule has 174 valence electrons. The van der Waals surface area contributed by atoms with Gasteiger partial charge in [-0.05, 0) is 49.2 Å². The standard InChI is InChI=1S/C24H29N5O3S/c1-26-11-7-20-18-21(5-6-22(20)26)33(31,32)29-12-8-19(9-13-29)24(30)28-16-14-27(15-17-28)23-4-2-3-10-25-23/h2-7,10-11,18-19H,8-9,12-17H2,1H3. The van der Waals surface area contributed by atoms with Crippen LogP contribution < -0.4 is 4.90 Å². The number of benzene rings is 1. The molecule has 5 rings (SSSR count). The molecule has 1 amide bonds. The number of aromatic nitrogens is 2. The van der Waals surface area contributed by atoms with Crippen LogP contribution in [0.15, 0.2) is 59.8 Å². The molecule has 9 heteroatoms. The largest absolute Gasteiger partial charge is 0.353 e. The van der Waals surface area contributed by atoms with Crippen LogP contribution in [0.3, 0.4) is 0 Å². The second-order valence-corrected chi connectivity index (χ2v) is 10.8. The van der Waals surface area contributed by atoms with Gasteiger partial charge in [0.05, 0.1) is 4.90 Å². The van der Waals surface area contributed by atoms with E-state index in [-0.39, 0.29) is 11.8 Å². The topological polar surface area (TPSA) is 78.8 Å². The van der Waals surface area contributed by atoms with Gasteiger partial charge in [0, 0.05) is 75.5 Å². The number of piperazine rings is 1. The fourth-order valence-electron chi connectivity index (χ4n) is 4.87. The van der Waals surface area contributed by atoms with Crippen LogP contribution in [0.2, 0.25) is 0 Å². The molecule has 8 nitrogen and oxygen atoms in total. The van der Waals surface area contributed by atoms with Crippen molar-refractivity contribution in [2.45, 2.75) is 17.7 Å². The molecule has 0 atom stereocenters. The molecular weight excluding hydrogens is 438 g/mol.